The van der Waals surface area contributed by atoms with Gasteiger partial charge >= 0.3 is 0 Å². The molecule has 4 nitrogen and oxygen atoms in total. The quantitative estimate of drug-likeness (QED) is 0.676. The third-order valence-electron chi connectivity index (χ3n) is 3.82. The van der Waals surface area contributed by atoms with Gasteiger partial charge in [0, 0.05) is 25.6 Å². The zero-order valence-electron chi connectivity index (χ0n) is 12.5. The number of nitrogens with zero attached hydrogens (tertiary/aromatic N) is 2. The van der Waals surface area contributed by atoms with Gasteiger partial charge in [0.05, 0.1) is 13.2 Å². The van der Waals surface area contributed by atoms with Crippen molar-refractivity contribution in [2.24, 2.45) is 16.6 Å². The van der Waals surface area contributed by atoms with Crippen LogP contribution in [0.5, 0.6) is 0 Å². The highest BCUT2D eigenvalue weighted by Gasteiger charge is 2.17. The Morgan fingerprint density at radius 2 is 1.90 bits per heavy atom. The van der Waals surface area contributed by atoms with Crippen LogP contribution in [-0.2, 0) is 4.74 Å². The van der Waals surface area contributed by atoms with Gasteiger partial charge in [0.15, 0.2) is 5.96 Å². The molecular formula is C16H25N3O. The Balaban J connectivity index is 2.01. The largest absolute Gasteiger partial charge is 0.378 e. The molecule has 1 aliphatic rings. The second kappa shape index (κ2) is 7.29. The van der Waals surface area contributed by atoms with E-state index in [2.05, 4.69) is 48.0 Å². The molecule has 1 atom stereocenters. The van der Waals surface area contributed by atoms with Crippen LogP contribution < -0.4 is 5.73 Å². The van der Waals surface area contributed by atoms with Crippen molar-refractivity contribution >= 4 is 5.96 Å². The maximum Gasteiger partial charge on any atom is 0.191 e. The van der Waals surface area contributed by atoms with Gasteiger partial charge in [0.1, 0.15) is 0 Å². The number of hydrogen-bond donors (Lipinski definition) is 1. The first-order valence-corrected chi connectivity index (χ1v) is 7.36. The Hall–Kier alpha value is -1.55. The second-order valence-electron chi connectivity index (χ2n) is 5.56. The monoisotopic (exact) mass is 275 g/mol. The van der Waals surface area contributed by atoms with Gasteiger partial charge in [-0.05, 0) is 11.5 Å². The average Bonchev–Trinajstić information content (AvgIpc) is 2.49. The molecule has 0 saturated carbocycles. The number of guanidine groups is 1. The van der Waals surface area contributed by atoms with Crippen molar-refractivity contribution in [3.05, 3.63) is 35.9 Å². The Kier molecular flexibility index (Phi) is 5.41. The summed E-state index contributed by atoms with van der Waals surface area (Å²) in [4.78, 5) is 6.71. The molecule has 0 radical (unpaired) electrons. The van der Waals surface area contributed by atoms with Crippen LogP contribution in [0.15, 0.2) is 35.3 Å². The summed E-state index contributed by atoms with van der Waals surface area (Å²) in [5.74, 6) is 1.60. The minimum Gasteiger partial charge on any atom is -0.378 e. The molecule has 0 amide bonds. The molecule has 1 aliphatic heterocycles. The summed E-state index contributed by atoms with van der Waals surface area (Å²) in [6.07, 6.45) is 0. The lowest BCUT2D eigenvalue weighted by Crippen LogP contribution is -2.45. The molecule has 20 heavy (non-hydrogen) atoms. The zero-order chi connectivity index (χ0) is 14.4. The Labute approximate surface area is 121 Å². The molecule has 4 heteroatoms. The van der Waals surface area contributed by atoms with Gasteiger partial charge in [-0.15, -0.1) is 0 Å². The van der Waals surface area contributed by atoms with Crippen LogP contribution in [-0.4, -0.2) is 43.7 Å². The molecule has 2 N–H and O–H groups in total. The molecular weight excluding hydrogens is 250 g/mol. The number of aliphatic imine (C=N–C) groups is 1. The van der Waals surface area contributed by atoms with Crippen molar-refractivity contribution < 1.29 is 4.74 Å². The van der Waals surface area contributed by atoms with Crippen LogP contribution >= 0.6 is 0 Å². The summed E-state index contributed by atoms with van der Waals surface area (Å²) in [6.45, 7) is 8.37. The smallest absolute Gasteiger partial charge is 0.191 e. The van der Waals surface area contributed by atoms with E-state index >= 15 is 0 Å². The molecule has 1 fully saturated rings. The number of morpholine rings is 1. The van der Waals surface area contributed by atoms with Gasteiger partial charge in [-0.2, -0.15) is 0 Å². The number of benzene rings is 1. The van der Waals surface area contributed by atoms with Crippen molar-refractivity contribution in [1.29, 1.82) is 0 Å². The van der Waals surface area contributed by atoms with Gasteiger partial charge in [-0.1, -0.05) is 44.2 Å². The molecule has 0 bridgehead atoms. The summed E-state index contributed by atoms with van der Waals surface area (Å²) >= 11 is 0. The second-order valence-corrected chi connectivity index (χ2v) is 5.56. The van der Waals surface area contributed by atoms with Crippen LogP contribution in [0.1, 0.15) is 25.3 Å². The van der Waals surface area contributed by atoms with Crippen LogP contribution in [0.3, 0.4) is 0 Å². The summed E-state index contributed by atoms with van der Waals surface area (Å²) in [5.41, 5.74) is 7.43. The fraction of sp³-hybridized carbons (Fsp3) is 0.562. The third kappa shape index (κ3) is 3.97. The first-order chi connectivity index (χ1) is 9.68. The Bertz CT molecular complexity index is 425. The van der Waals surface area contributed by atoms with Crippen molar-refractivity contribution in [2.45, 2.75) is 19.8 Å². The summed E-state index contributed by atoms with van der Waals surface area (Å²) in [7, 11) is 0. The van der Waals surface area contributed by atoms with E-state index < -0.39 is 0 Å². The van der Waals surface area contributed by atoms with Gasteiger partial charge in [0.25, 0.3) is 0 Å². The van der Waals surface area contributed by atoms with Gasteiger partial charge in [-0.3, -0.25) is 4.99 Å². The lowest BCUT2D eigenvalue weighted by atomic mass is 9.88. The highest BCUT2D eigenvalue weighted by Crippen LogP contribution is 2.24. The molecule has 1 heterocycles. The zero-order valence-corrected chi connectivity index (χ0v) is 12.5. The number of nitrogens with two attached hydrogens (primary N) is 1. The predicted molar refractivity (Wildman–Crippen MR) is 82.9 cm³/mol. The molecule has 1 aromatic rings. The standard InChI is InChI=1S/C16H25N3O/c1-13(2)15(14-6-4-3-5-7-14)12-18-16(17)19-8-10-20-11-9-19/h3-7,13,15H,8-12H2,1-2H3,(H2,17,18). The molecule has 1 aromatic carbocycles. The van der Waals surface area contributed by atoms with Crippen molar-refractivity contribution in [3.8, 4) is 0 Å². The van der Waals surface area contributed by atoms with E-state index in [0.717, 1.165) is 32.8 Å². The third-order valence-corrected chi connectivity index (χ3v) is 3.82. The van der Waals surface area contributed by atoms with E-state index in [0.29, 0.717) is 17.8 Å². The fourth-order valence-corrected chi connectivity index (χ4v) is 2.49. The lowest BCUT2D eigenvalue weighted by Gasteiger charge is -2.28. The number of ether oxygens (including phenoxy) is 1. The Morgan fingerprint density at radius 1 is 1.25 bits per heavy atom. The molecule has 2 rings (SSSR count). The highest BCUT2D eigenvalue weighted by atomic mass is 16.5. The minimum atomic E-state index is 0.413. The average molecular weight is 275 g/mol. The molecule has 0 aliphatic carbocycles. The van der Waals surface area contributed by atoms with E-state index in [1.165, 1.54) is 5.56 Å². The number of hydrogen-bond acceptors (Lipinski definition) is 2. The lowest BCUT2D eigenvalue weighted by molar-refractivity contribution is 0.0674. The summed E-state index contributed by atoms with van der Waals surface area (Å²) < 4.78 is 5.33. The maximum atomic E-state index is 6.10. The fourth-order valence-electron chi connectivity index (χ4n) is 2.49. The number of rotatable bonds is 4. The maximum absolute atomic E-state index is 6.10. The molecule has 110 valence electrons. The van der Waals surface area contributed by atoms with Crippen LogP contribution in [0.2, 0.25) is 0 Å². The van der Waals surface area contributed by atoms with Gasteiger partial charge < -0.3 is 15.4 Å². The summed E-state index contributed by atoms with van der Waals surface area (Å²) in [5, 5.41) is 0. The van der Waals surface area contributed by atoms with E-state index in [4.69, 9.17) is 10.5 Å². The van der Waals surface area contributed by atoms with Crippen molar-refractivity contribution in [3.63, 3.8) is 0 Å². The van der Waals surface area contributed by atoms with E-state index in [1.807, 2.05) is 6.07 Å². The van der Waals surface area contributed by atoms with Crippen LogP contribution in [0.25, 0.3) is 0 Å². The van der Waals surface area contributed by atoms with Crippen LogP contribution in [0.4, 0.5) is 0 Å². The highest BCUT2D eigenvalue weighted by molar-refractivity contribution is 5.78. The molecule has 1 unspecified atom stereocenters. The molecule has 0 spiro atoms. The summed E-state index contributed by atoms with van der Waals surface area (Å²) in [6, 6.07) is 10.6. The van der Waals surface area contributed by atoms with Crippen LogP contribution in [0, 0.1) is 5.92 Å². The Morgan fingerprint density at radius 3 is 2.50 bits per heavy atom. The predicted octanol–water partition coefficient (Wildman–Crippen LogP) is 2.07. The van der Waals surface area contributed by atoms with Crippen molar-refractivity contribution in [2.75, 3.05) is 32.8 Å². The van der Waals surface area contributed by atoms with Gasteiger partial charge in [-0.25, -0.2) is 0 Å². The normalized spacial score (nSPS) is 18.4. The van der Waals surface area contributed by atoms with E-state index in [1.54, 1.807) is 0 Å². The first-order valence-electron chi connectivity index (χ1n) is 7.36. The molecule has 0 aromatic heterocycles. The first kappa shape index (κ1) is 14.9. The SMILES string of the molecule is CC(C)C(CN=C(N)N1CCOCC1)c1ccccc1. The topological polar surface area (TPSA) is 50.8 Å². The van der Waals surface area contributed by atoms with E-state index in [9.17, 15) is 0 Å². The van der Waals surface area contributed by atoms with E-state index in [-0.39, 0.29) is 0 Å². The molecule has 1 saturated heterocycles. The minimum absolute atomic E-state index is 0.413. The van der Waals surface area contributed by atoms with Gasteiger partial charge in [0.2, 0.25) is 0 Å². The van der Waals surface area contributed by atoms with Crippen molar-refractivity contribution in [1.82, 2.24) is 4.90 Å².